The van der Waals surface area contributed by atoms with Gasteiger partial charge in [0.25, 0.3) is 5.91 Å². The van der Waals surface area contributed by atoms with E-state index in [0.29, 0.717) is 12.2 Å². The van der Waals surface area contributed by atoms with Crippen molar-refractivity contribution in [2.24, 2.45) is 0 Å². The maximum atomic E-state index is 13.2. The third-order valence-electron chi connectivity index (χ3n) is 3.63. The number of hydrogen-bond acceptors (Lipinski definition) is 6. The second-order valence-electron chi connectivity index (χ2n) is 6.23. The maximum Gasteiger partial charge on any atom is 0.277 e. The van der Waals surface area contributed by atoms with Crippen LogP contribution < -0.4 is 5.32 Å². The number of aromatic nitrogens is 3. The average Bonchev–Trinajstić information content (AvgIpc) is 3.29. The molecule has 0 fully saturated rings. The molecular formula is C19H18FN5O3. The molecule has 0 atom stereocenters. The van der Waals surface area contributed by atoms with E-state index in [1.807, 2.05) is 0 Å². The Labute approximate surface area is 160 Å². The van der Waals surface area contributed by atoms with Crippen molar-refractivity contribution in [1.29, 1.82) is 0 Å². The van der Waals surface area contributed by atoms with Crippen LogP contribution in [0.5, 0.6) is 0 Å². The highest BCUT2D eigenvalue weighted by Crippen LogP contribution is 2.12. The van der Waals surface area contributed by atoms with Crippen molar-refractivity contribution in [1.82, 2.24) is 19.8 Å². The van der Waals surface area contributed by atoms with Crippen molar-refractivity contribution in [2.45, 2.75) is 6.54 Å². The third-order valence-corrected chi connectivity index (χ3v) is 3.63. The molecule has 0 saturated carbocycles. The summed E-state index contributed by atoms with van der Waals surface area (Å²) in [6, 6.07) is 7.45. The topological polar surface area (TPSA) is 93.3 Å². The van der Waals surface area contributed by atoms with Crippen molar-refractivity contribution >= 4 is 17.4 Å². The van der Waals surface area contributed by atoms with E-state index < -0.39 is 11.7 Å². The fourth-order valence-electron chi connectivity index (χ4n) is 2.33. The summed E-state index contributed by atoms with van der Waals surface area (Å²) in [5, 5.41) is 10.4. The molecule has 2 heterocycles. The minimum atomic E-state index is -0.537. The molecule has 3 aromatic rings. The SMILES string of the molecule is CN(C)C=CC(=O)c1cc(C(=O)Nc2cnn(Cc3cccc(F)c3)c2)no1. The van der Waals surface area contributed by atoms with Gasteiger partial charge in [0.15, 0.2) is 5.69 Å². The molecule has 9 heteroatoms. The first-order valence-electron chi connectivity index (χ1n) is 8.34. The number of nitrogens with one attached hydrogen (secondary N) is 1. The molecule has 144 valence electrons. The van der Waals surface area contributed by atoms with Gasteiger partial charge in [-0.25, -0.2) is 4.39 Å². The number of halogens is 1. The van der Waals surface area contributed by atoms with Crippen LogP contribution in [0, 0.1) is 5.82 Å². The van der Waals surface area contributed by atoms with Crippen molar-refractivity contribution in [3.8, 4) is 0 Å². The molecule has 2 aromatic heterocycles. The van der Waals surface area contributed by atoms with Crippen LogP contribution in [-0.2, 0) is 6.54 Å². The molecule has 0 unspecified atom stereocenters. The van der Waals surface area contributed by atoms with Crippen LogP contribution >= 0.6 is 0 Å². The summed E-state index contributed by atoms with van der Waals surface area (Å²) in [7, 11) is 3.55. The predicted molar refractivity (Wildman–Crippen MR) is 99.3 cm³/mol. The fraction of sp³-hybridized carbons (Fsp3) is 0.158. The molecule has 0 radical (unpaired) electrons. The van der Waals surface area contributed by atoms with E-state index in [-0.39, 0.29) is 17.3 Å². The monoisotopic (exact) mass is 383 g/mol. The Morgan fingerprint density at radius 3 is 2.89 bits per heavy atom. The standard InChI is InChI=1S/C19H18FN5O3/c1-24(2)7-6-17(26)18-9-16(23-28-18)19(27)22-15-10-21-25(12-15)11-13-4-3-5-14(20)8-13/h3-10,12H,11H2,1-2H3,(H,22,27). The molecule has 1 N–H and O–H groups in total. The Hall–Kier alpha value is -3.75. The Balaban J connectivity index is 1.62. The van der Waals surface area contributed by atoms with E-state index >= 15 is 0 Å². The van der Waals surface area contributed by atoms with Crippen LogP contribution in [0.4, 0.5) is 10.1 Å². The first-order chi connectivity index (χ1) is 13.4. The van der Waals surface area contributed by atoms with Gasteiger partial charge in [0.2, 0.25) is 11.5 Å². The average molecular weight is 383 g/mol. The summed E-state index contributed by atoms with van der Waals surface area (Å²) < 4.78 is 19.7. The number of allylic oxidation sites excluding steroid dienone is 1. The molecule has 1 aromatic carbocycles. The Kier molecular flexibility index (Phi) is 5.64. The van der Waals surface area contributed by atoms with Gasteiger partial charge in [-0.3, -0.25) is 14.3 Å². The van der Waals surface area contributed by atoms with Crippen LogP contribution in [0.2, 0.25) is 0 Å². The lowest BCUT2D eigenvalue weighted by molar-refractivity contribution is 0.0994. The van der Waals surface area contributed by atoms with E-state index in [9.17, 15) is 14.0 Å². The lowest BCUT2D eigenvalue weighted by atomic mass is 10.2. The number of anilines is 1. The van der Waals surface area contributed by atoms with Crippen LogP contribution in [0.15, 0.2) is 59.5 Å². The highest BCUT2D eigenvalue weighted by molar-refractivity contribution is 6.06. The molecule has 0 aliphatic rings. The number of nitrogens with zero attached hydrogens (tertiary/aromatic N) is 4. The van der Waals surface area contributed by atoms with Gasteiger partial charge in [-0.1, -0.05) is 17.3 Å². The zero-order valence-electron chi connectivity index (χ0n) is 15.3. The summed E-state index contributed by atoms with van der Waals surface area (Å²) in [6.45, 7) is 0.356. The van der Waals surface area contributed by atoms with Gasteiger partial charge in [-0.15, -0.1) is 0 Å². The van der Waals surface area contributed by atoms with Crippen LogP contribution in [-0.4, -0.2) is 45.6 Å². The van der Waals surface area contributed by atoms with Gasteiger partial charge >= 0.3 is 0 Å². The van der Waals surface area contributed by atoms with Gasteiger partial charge in [-0.2, -0.15) is 5.10 Å². The quantitative estimate of drug-likeness (QED) is 0.498. The summed E-state index contributed by atoms with van der Waals surface area (Å²) in [5.41, 5.74) is 1.15. The molecule has 0 aliphatic carbocycles. The molecule has 1 amide bonds. The summed E-state index contributed by atoms with van der Waals surface area (Å²) in [6.07, 6.45) is 5.95. The number of carbonyl (C=O) groups is 2. The van der Waals surface area contributed by atoms with E-state index in [1.165, 1.54) is 30.5 Å². The Morgan fingerprint density at radius 1 is 1.32 bits per heavy atom. The summed E-state index contributed by atoms with van der Waals surface area (Å²) >= 11 is 0. The molecule has 3 rings (SSSR count). The number of amides is 1. The number of hydrogen-bond donors (Lipinski definition) is 1. The minimum Gasteiger partial charge on any atom is -0.383 e. The minimum absolute atomic E-state index is 0.0283. The van der Waals surface area contributed by atoms with Gasteiger partial charge in [0, 0.05) is 38.6 Å². The molecule has 0 saturated heterocycles. The van der Waals surface area contributed by atoms with Crippen LogP contribution in [0.3, 0.4) is 0 Å². The summed E-state index contributed by atoms with van der Waals surface area (Å²) in [4.78, 5) is 25.9. The first-order valence-corrected chi connectivity index (χ1v) is 8.34. The van der Waals surface area contributed by atoms with Crippen LogP contribution in [0.25, 0.3) is 0 Å². The fourth-order valence-corrected chi connectivity index (χ4v) is 2.33. The normalized spacial score (nSPS) is 11.0. The zero-order valence-corrected chi connectivity index (χ0v) is 15.3. The third kappa shape index (κ3) is 4.91. The van der Waals surface area contributed by atoms with E-state index in [4.69, 9.17) is 4.52 Å². The molecular weight excluding hydrogens is 365 g/mol. The van der Waals surface area contributed by atoms with E-state index in [2.05, 4.69) is 15.6 Å². The lowest BCUT2D eigenvalue weighted by Gasteiger charge is -2.02. The lowest BCUT2D eigenvalue weighted by Crippen LogP contribution is -2.11. The smallest absolute Gasteiger partial charge is 0.277 e. The van der Waals surface area contributed by atoms with Crippen molar-refractivity contribution < 1.29 is 18.5 Å². The van der Waals surface area contributed by atoms with Crippen molar-refractivity contribution in [3.05, 3.63) is 77.8 Å². The highest BCUT2D eigenvalue weighted by Gasteiger charge is 2.16. The van der Waals surface area contributed by atoms with Gasteiger partial charge < -0.3 is 14.7 Å². The Bertz CT molecular complexity index is 1020. The maximum absolute atomic E-state index is 13.2. The molecule has 8 nitrogen and oxygen atoms in total. The van der Waals surface area contributed by atoms with Gasteiger partial charge in [0.1, 0.15) is 5.82 Å². The first kappa shape index (κ1) is 19.0. The second-order valence-corrected chi connectivity index (χ2v) is 6.23. The molecule has 28 heavy (non-hydrogen) atoms. The van der Waals surface area contributed by atoms with Crippen LogP contribution in [0.1, 0.15) is 26.6 Å². The van der Waals surface area contributed by atoms with Gasteiger partial charge in [0.05, 0.1) is 18.4 Å². The Morgan fingerprint density at radius 2 is 2.14 bits per heavy atom. The molecule has 0 bridgehead atoms. The van der Waals surface area contributed by atoms with Crippen molar-refractivity contribution in [3.63, 3.8) is 0 Å². The van der Waals surface area contributed by atoms with Crippen molar-refractivity contribution in [2.75, 3.05) is 19.4 Å². The highest BCUT2D eigenvalue weighted by atomic mass is 19.1. The second kappa shape index (κ2) is 8.30. The number of benzene rings is 1. The zero-order chi connectivity index (χ0) is 20.1. The summed E-state index contributed by atoms with van der Waals surface area (Å²) in [5.74, 6) is -1.30. The van der Waals surface area contributed by atoms with E-state index in [1.54, 1.807) is 48.2 Å². The number of carbonyl (C=O) groups excluding carboxylic acids is 2. The van der Waals surface area contributed by atoms with Gasteiger partial charge in [-0.05, 0) is 17.7 Å². The molecule has 0 aliphatic heterocycles. The van der Waals surface area contributed by atoms with E-state index in [0.717, 1.165) is 5.56 Å². The number of rotatable bonds is 7. The molecule has 0 spiro atoms. The predicted octanol–water partition coefficient (Wildman–Crippen LogP) is 2.57. The number of ketones is 1. The largest absolute Gasteiger partial charge is 0.383 e.